The molecule has 0 unspecified atom stereocenters. The number of hydrogen-bond donors (Lipinski definition) is 2. The summed E-state index contributed by atoms with van der Waals surface area (Å²) in [6.07, 6.45) is 4.16. The molecule has 192 valence electrons. The number of rotatable bonds is 5. The quantitative estimate of drug-likeness (QED) is 0.391. The Hall–Kier alpha value is -3.85. The van der Waals surface area contributed by atoms with Crippen LogP contribution in [0.1, 0.15) is 74.8 Å². The second-order valence-electron chi connectivity index (χ2n) is 10.9. The lowest BCUT2D eigenvalue weighted by Crippen LogP contribution is -2.25. The van der Waals surface area contributed by atoms with Crippen molar-refractivity contribution in [1.29, 1.82) is 0 Å². The van der Waals surface area contributed by atoms with Gasteiger partial charge in [-0.25, -0.2) is 14.3 Å². The summed E-state index contributed by atoms with van der Waals surface area (Å²) in [5.74, 6) is 0.388. The van der Waals surface area contributed by atoms with Gasteiger partial charge in [-0.15, -0.1) is 0 Å². The Balaban J connectivity index is 1.65. The molecule has 1 aromatic carbocycles. The summed E-state index contributed by atoms with van der Waals surface area (Å²) in [6, 6.07) is 7.69. The van der Waals surface area contributed by atoms with Crippen molar-refractivity contribution in [2.24, 2.45) is 0 Å². The first-order valence-electron chi connectivity index (χ1n) is 12.7. The standard InChI is InChI=1S/C28H33N7O2/c1-16(2)34-26(37)23-15-31-27(32-19-11-18-14-29-9-8-21(18)22(12-19)17(3)36)33-25(23)35(34)20-7-10-30-24(13-20)28(4,5)6/h7,10-13,15-16,29H,8-9,14H2,1-6H3,(H,31,32,33). The van der Waals surface area contributed by atoms with Crippen molar-refractivity contribution in [3.05, 3.63) is 69.4 Å². The van der Waals surface area contributed by atoms with E-state index in [1.165, 1.54) is 0 Å². The fourth-order valence-electron chi connectivity index (χ4n) is 4.87. The Labute approximate surface area is 215 Å². The number of nitrogens with one attached hydrogen (secondary N) is 2. The monoisotopic (exact) mass is 499 g/mol. The van der Waals surface area contributed by atoms with E-state index >= 15 is 0 Å². The largest absolute Gasteiger partial charge is 0.324 e. The summed E-state index contributed by atoms with van der Waals surface area (Å²) in [4.78, 5) is 39.5. The van der Waals surface area contributed by atoms with Gasteiger partial charge in [0.05, 0.1) is 5.69 Å². The SMILES string of the molecule is CC(=O)c1cc(Nc2ncc3c(=O)n(C(C)C)n(-c4ccnc(C(C)(C)C)c4)c3n2)cc2c1CCNC2. The third-order valence-corrected chi connectivity index (χ3v) is 6.71. The van der Waals surface area contributed by atoms with Crippen molar-refractivity contribution in [1.82, 2.24) is 29.6 Å². The van der Waals surface area contributed by atoms with Crippen molar-refractivity contribution >= 4 is 28.5 Å². The van der Waals surface area contributed by atoms with Gasteiger partial charge in [-0.2, -0.15) is 4.98 Å². The zero-order valence-electron chi connectivity index (χ0n) is 22.2. The molecule has 0 radical (unpaired) electrons. The summed E-state index contributed by atoms with van der Waals surface area (Å²) >= 11 is 0. The van der Waals surface area contributed by atoms with Gasteiger partial charge in [-0.1, -0.05) is 20.8 Å². The normalized spacial score (nSPS) is 13.7. The number of anilines is 2. The number of aromatic nitrogens is 5. The predicted molar refractivity (Wildman–Crippen MR) is 145 cm³/mol. The van der Waals surface area contributed by atoms with E-state index in [0.717, 1.165) is 46.7 Å². The van der Waals surface area contributed by atoms with Crippen LogP contribution in [0.3, 0.4) is 0 Å². The van der Waals surface area contributed by atoms with Crippen molar-refractivity contribution in [3.63, 3.8) is 0 Å². The van der Waals surface area contributed by atoms with E-state index in [9.17, 15) is 9.59 Å². The van der Waals surface area contributed by atoms with Crippen LogP contribution in [0.25, 0.3) is 16.7 Å². The molecule has 0 spiro atoms. The van der Waals surface area contributed by atoms with E-state index in [2.05, 4.69) is 41.4 Å². The van der Waals surface area contributed by atoms with Crippen LogP contribution < -0.4 is 16.2 Å². The van der Waals surface area contributed by atoms with E-state index < -0.39 is 0 Å². The smallest absolute Gasteiger partial charge is 0.278 e. The molecule has 0 amide bonds. The summed E-state index contributed by atoms with van der Waals surface area (Å²) in [5, 5.41) is 7.08. The van der Waals surface area contributed by atoms with Gasteiger partial charge >= 0.3 is 0 Å². The molecule has 2 N–H and O–H groups in total. The average molecular weight is 500 g/mol. The Bertz CT molecular complexity index is 1570. The van der Waals surface area contributed by atoms with Gasteiger partial charge in [-0.3, -0.25) is 14.6 Å². The second-order valence-corrected chi connectivity index (χ2v) is 10.9. The molecule has 1 aliphatic rings. The number of Topliss-reactive ketones (excluding diaryl/α,β-unsaturated/α-hetero) is 1. The molecule has 5 rings (SSSR count). The van der Waals surface area contributed by atoms with Gasteiger partial charge in [0.25, 0.3) is 5.56 Å². The predicted octanol–water partition coefficient (Wildman–Crippen LogP) is 4.45. The summed E-state index contributed by atoms with van der Waals surface area (Å²) in [7, 11) is 0. The summed E-state index contributed by atoms with van der Waals surface area (Å²) in [6.45, 7) is 13.4. The topological polar surface area (TPSA) is 107 Å². The Morgan fingerprint density at radius 3 is 2.65 bits per heavy atom. The number of fused-ring (bicyclic) bond motifs is 2. The van der Waals surface area contributed by atoms with Gasteiger partial charge < -0.3 is 10.6 Å². The highest BCUT2D eigenvalue weighted by Crippen LogP contribution is 2.28. The molecule has 4 heterocycles. The average Bonchev–Trinajstić information content (AvgIpc) is 3.15. The number of nitrogens with zero attached hydrogens (tertiary/aromatic N) is 5. The molecule has 0 bridgehead atoms. The van der Waals surface area contributed by atoms with Crippen LogP contribution in [0, 0.1) is 0 Å². The van der Waals surface area contributed by atoms with E-state index in [4.69, 9.17) is 4.98 Å². The minimum atomic E-state index is -0.153. The number of hydrogen-bond acceptors (Lipinski definition) is 7. The highest BCUT2D eigenvalue weighted by atomic mass is 16.1. The summed E-state index contributed by atoms with van der Waals surface area (Å²) < 4.78 is 3.55. The number of ketones is 1. The van der Waals surface area contributed by atoms with Gasteiger partial charge in [0.1, 0.15) is 5.39 Å². The van der Waals surface area contributed by atoms with Crippen LogP contribution in [-0.4, -0.2) is 36.6 Å². The van der Waals surface area contributed by atoms with Crippen molar-refractivity contribution in [3.8, 4) is 5.69 Å². The third-order valence-electron chi connectivity index (χ3n) is 6.71. The van der Waals surface area contributed by atoms with Crippen molar-refractivity contribution in [2.75, 3.05) is 11.9 Å². The first kappa shape index (κ1) is 24.8. The molecular weight excluding hydrogens is 466 g/mol. The number of carbonyl (C=O) groups excluding carboxylic acids is 1. The van der Waals surface area contributed by atoms with Gasteiger partial charge in [0.2, 0.25) is 5.95 Å². The zero-order chi connectivity index (χ0) is 26.5. The van der Waals surface area contributed by atoms with Crippen molar-refractivity contribution < 1.29 is 4.79 Å². The molecule has 0 fully saturated rings. The van der Waals surface area contributed by atoms with Crippen LogP contribution in [0.5, 0.6) is 0 Å². The minimum Gasteiger partial charge on any atom is -0.324 e. The third kappa shape index (κ3) is 4.55. The fourth-order valence-corrected chi connectivity index (χ4v) is 4.87. The van der Waals surface area contributed by atoms with Crippen molar-refractivity contribution in [2.45, 2.75) is 66.0 Å². The number of benzene rings is 1. The maximum absolute atomic E-state index is 13.4. The molecule has 9 heteroatoms. The number of pyridine rings is 1. The highest BCUT2D eigenvalue weighted by molar-refractivity contribution is 5.97. The van der Waals surface area contributed by atoms with Crippen LogP contribution in [0.15, 0.2) is 41.5 Å². The molecule has 4 aromatic rings. The van der Waals surface area contributed by atoms with Crippen LogP contribution >= 0.6 is 0 Å². The first-order valence-corrected chi connectivity index (χ1v) is 12.7. The Kier molecular flexibility index (Phi) is 6.19. The summed E-state index contributed by atoms with van der Waals surface area (Å²) in [5.41, 5.74) is 5.59. The maximum Gasteiger partial charge on any atom is 0.278 e. The lowest BCUT2D eigenvalue weighted by atomic mass is 9.91. The second kappa shape index (κ2) is 9.23. The maximum atomic E-state index is 13.4. The first-order chi connectivity index (χ1) is 17.5. The Morgan fingerprint density at radius 2 is 1.95 bits per heavy atom. The van der Waals surface area contributed by atoms with Crippen LogP contribution in [0.2, 0.25) is 0 Å². The molecule has 37 heavy (non-hydrogen) atoms. The molecule has 1 aliphatic heterocycles. The Morgan fingerprint density at radius 1 is 1.16 bits per heavy atom. The van der Waals surface area contributed by atoms with Gasteiger partial charge in [0.15, 0.2) is 11.4 Å². The number of carbonyl (C=O) groups is 1. The lowest BCUT2D eigenvalue weighted by Gasteiger charge is -2.21. The molecular formula is C28H33N7O2. The molecule has 9 nitrogen and oxygen atoms in total. The van der Waals surface area contributed by atoms with E-state index in [-0.39, 0.29) is 22.8 Å². The van der Waals surface area contributed by atoms with Gasteiger partial charge in [0, 0.05) is 47.3 Å². The zero-order valence-corrected chi connectivity index (χ0v) is 22.2. The van der Waals surface area contributed by atoms with E-state index in [1.807, 2.05) is 42.8 Å². The fraction of sp³-hybridized carbons (Fsp3) is 0.393. The van der Waals surface area contributed by atoms with Crippen LogP contribution in [-0.2, 0) is 18.4 Å². The molecule has 0 saturated carbocycles. The minimum absolute atomic E-state index is 0.0355. The highest BCUT2D eigenvalue weighted by Gasteiger charge is 2.22. The molecule has 0 atom stereocenters. The van der Waals surface area contributed by atoms with Gasteiger partial charge in [-0.05, 0) is 69.1 Å². The van der Waals surface area contributed by atoms with Crippen LogP contribution in [0.4, 0.5) is 11.6 Å². The van der Waals surface area contributed by atoms with E-state index in [0.29, 0.717) is 23.5 Å². The van der Waals surface area contributed by atoms with E-state index in [1.54, 1.807) is 24.0 Å². The molecule has 0 saturated heterocycles. The molecule has 0 aliphatic carbocycles. The molecule has 3 aromatic heterocycles. The lowest BCUT2D eigenvalue weighted by molar-refractivity contribution is 0.101.